The lowest BCUT2D eigenvalue weighted by Crippen LogP contribution is -2.46. The number of nitrogens with zero attached hydrogens (tertiary/aromatic N) is 2. The summed E-state index contributed by atoms with van der Waals surface area (Å²) in [4.78, 5) is 4.89. The van der Waals surface area contributed by atoms with Crippen molar-refractivity contribution < 1.29 is 4.39 Å². The Labute approximate surface area is 108 Å². The van der Waals surface area contributed by atoms with Gasteiger partial charge in [-0.25, -0.2) is 4.39 Å². The maximum Gasteiger partial charge on any atom is 0.123 e. The van der Waals surface area contributed by atoms with Crippen LogP contribution < -0.4 is 5.73 Å². The Bertz CT molecular complexity index is 345. The summed E-state index contributed by atoms with van der Waals surface area (Å²) < 4.78 is 12.8. The summed E-state index contributed by atoms with van der Waals surface area (Å²) in [7, 11) is 0. The van der Waals surface area contributed by atoms with Gasteiger partial charge in [0, 0.05) is 32.7 Å². The molecule has 1 saturated heterocycles. The first-order chi connectivity index (χ1) is 8.78. The summed E-state index contributed by atoms with van der Waals surface area (Å²) >= 11 is 0. The zero-order valence-electron chi connectivity index (χ0n) is 10.8. The summed E-state index contributed by atoms with van der Waals surface area (Å²) in [5, 5.41) is 0. The van der Waals surface area contributed by atoms with Crippen LogP contribution in [-0.4, -0.2) is 49.1 Å². The summed E-state index contributed by atoms with van der Waals surface area (Å²) in [5.41, 5.74) is 6.71. The van der Waals surface area contributed by atoms with Gasteiger partial charge in [0.05, 0.1) is 0 Å². The zero-order valence-corrected chi connectivity index (χ0v) is 10.8. The molecule has 2 N–H and O–H groups in total. The lowest BCUT2D eigenvalue weighted by Gasteiger charge is -2.34. The highest BCUT2D eigenvalue weighted by Crippen LogP contribution is 2.09. The van der Waals surface area contributed by atoms with Gasteiger partial charge >= 0.3 is 0 Å². The van der Waals surface area contributed by atoms with Gasteiger partial charge in [0.15, 0.2) is 0 Å². The maximum atomic E-state index is 12.8. The van der Waals surface area contributed by atoms with E-state index < -0.39 is 0 Å². The monoisotopic (exact) mass is 251 g/mol. The summed E-state index contributed by atoms with van der Waals surface area (Å²) in [6, 6.07) is 6.81. The molecule has 1 heterocycles. The molecule has 0 spiro atoms. The van der Waals surface area contributed by atoms with Crippen LogP contribution in [0.15, 0.2) is 24.3 Å². The Balaban J connectivity index is 1.74. The van der Waals surface area contributed by atoms with E-state index in [1.807, 2.05) is 12.1 Å². The maximum absolute atomic E-state index is 12.8. The van der Waals surface area contributed by atoms with Crippen LogP contribution in [0.1, 0.15) is 12.0 Å². The van der Waals surface area contributed by atoms with E-state index >= 15 is 0 Å². The van der Waals surface area contributed by atoms with Crippen molar-refractivity contribution in [1.82, 2.24) is 9.80 Å². The highest BCUT2D eigenvalue weighted by molar-refractivity contribution is 5.15. The van der Waals surface area contributed by atoms with Gasteiger partial charge in [0.2, 0.25) is 0 Å². The van der Waals surface area contributed by atoms with Crippen LogP contribution in [-0.2, 0) is 6.54 Å². The topological polar surface area (TPSA) is 32.5 Å². The normalized spacial score (nSPS) is 18.1. The number of halogens is 1. The quantitative estimate of drug-likeness (QED) is 0.856. The Hall–Kier alpha value is -0.970. The molecule has 0 aromatic heterocycles. The first kappa shape index (κ1) is 13.5. The average molecular weight is 251 g/mol. The Morgan fingerprint density at radius 1 is 1.00 bits per heavy atom. The van der Waals surface area contributed by atoms with Crippen molar-refractivity contribution in [2.24, 2.45) is 5.73 Å². The van der Waals surface area contributed by atoms with Gasteiger partial charge in [-0.1, -0.05) is 12.1 Å². The van der Waals surface area contributed by atoms with Crippen LogP contribution in [0.25, 0.3) is 0 Å². The summed E-state index contributed by atoms with van der Waals surface area (Å²) in [5.74, 6) is -0.162. The second-order valence-electron chi connectivity index (χ2n) is 4.89. The van der Waals surface area contributed by atoms with Gasteiger partial charge in [-0.15, -0.1) is 0 Å². The molecule has 0 saturated carbocycles. The van der Waals surface area contributed by atoms with Gasteiger partial charge in [-0.3, -0.25) is 4.90 Å². The van der Waals surface area contributed by atoms with E-state index in [9.17, 15) is 4.39 Å². The average Bonchev–Trinajstić information content (AvgIpc) is 2.41. The van der Waals surface area contributed by atoms with E-state index in [1.165, 1.54) is 17.7 Å². The van der Waals surface area contributed by atoms with E-state index in [0.29, 0.717) is 0 Å². The molecule has 0 bridgehead atoms. The summed E-state index contributed by atoms with van der Waals surface area (Å²) in [6.45, 7) is 7.20. The number of hydrogen-bond acceptors (Lipinski definition) is 3. The molecule has 0 amide bonds. The molecule has 3 nitrogen and oxygen atoms in total. The first-order valence-corrected chi connectivity index (χ1v) is 6.67. The lowest BCUT2D eigenvalue weighted by molar-refractivity contribution is 0.126. The van der Waals surface area contributed by atoms with Crippen LogP contribution in [0.3, 0.4) is 0 Å². The molecule has 4 heteroatoms. The van der Waals surface area contributed by atoms with Crippen molar-refractivity contribution in [2.75, 3.05) is 39.3 Å². The number of benzene rings is 1. The molecule has 2 rings (SSSR count). The minimum atomic E-state index is -0.162. The van der Waals surface area contributed by atoms with Crippen molar-refractivity contribution in [3.8, 4) is 0 Å². The fourth-order valence-corrected chi connectivity index (χ4v) is 2.33. The van der Waals surface area contributed by atoms with E-state index in [1.54, 1.807) is 0 Å². The molecular weight excluding hydrogens is 229 g/mol. The third-order valence-electron chi connectivity index (χ3n) is 3.46. The van der Waals surface area contributed by atoms with Gasteiger partial charge in [-0.2, -0.15) is 0 Å². The molecule has 0 unspecified atom stereocenters. The van der Waals surface area contributed by atoms with Crippen LogP contribution >= 0.6 is 0 Å². The third-order valence-corrected chi connectivity index (χ3v) is 3.46. The lowest BCUT2D eigenvalue weighted by atomic mass is 10.2. The molecule has 0 atom stereocenters. The van der Waals surface area contributed by atoms with Crippen molar-refractivity contribution >= 4 is 0 Å². The number of nitrogens with two attached hydrogens (primary N) is 1. The molecule has 0 aliphatic carbocycles. The third kappa shape index (κ3) is 4.05. The SMILES string of the molecule is NCCCN1CCN(Cc2ccc(F)cc2)CC1. The number of hydrogen-bond donors (Lipinski definition) is 1. The van der Waals surface area contributed by atoms with E-state index in [4.69, 9.17) is 5.73 Å². The van der Waals surface area contributed by atoms with Crippen LogP contribution in [0.4, 0.5) is 4.39 Å². The molecule has 1 aromatic rings. The molecule has 1 aliphatic heterocycles. The number of rotatable bonds is 5. The Kier molecular flexibility index (Phi) is 5.11. The van der Waals surface area contributed by atoms with E-state index in [2.05, 4.69) is 9.80 Å². The predicted molar refractivity (Wildman–Crippen MR) is 71.8 cm³/mol. The minimum absolute atomic E-state index is 0.162. The molecule has 18 heavy (non-hydrogen) atoms. The van der Waals surface area contributed by atoms with Crippen LogP contribution in [0.2, 0.25) is 0 Å². The number of piperazine rings is 1. The largest absolute Gasteiger partial charge is 0.330 e. The van der Waals surface area contributed by atoms with Crippen molar-refractivity contribution in [3.63, 3.8) is 0 Å². The van der Waals surface area contributed by atoms with Gasteiger partial charge < -0.3 is 10.6 Å². The molecule has 100 valence electrons. The Morgan fingerprint density at radius 2 is 1.61 bits per heavy atom. The first-order valence-electron chi connectivity index (χ1n) is 6.67. The molecule has 1 aromatic carbocycles. The van der Waals surface area contributed by atoms with Crippen molar-refractivity contribution in [2.45, 2.75) is 13.0 Å². The van der Waals surface area contributed by atoms with Gasteiger partial charge in [0.25, 0.3) is 0 Å². The van der Waals surface area contributed by atoms with Crippen molar-refractivity contribution in [3.05, 3.63) is 35.6 Å². The molecule has 1 aliphatic rings. The Morgan fingerprint density at radius 3 is 2.22 bits per heavy atom. The zero-order chi connectivity index (χ0) is 12.8. The minimum Gasteiger partial charge on any atom is -0.330 e. The molecule has 1 fully saturated rings. The molecular formula is C14H22FN3. The smallest absolute Gasteiger partial charge is 0.123 e. The van der Waals surface area contributed by atoms with E-state index in [0.717, 1.165) is 52.2 Å². The second-order valence-corrected chi connectivity index (χ2v) is 4.89. The highest BCUT2D eigenvalue weighted by atomic mass is 19.1. The fraction of sp³-hybridized carbons (Fsp3) is 0.571. The fourth-order valence-electron chi connectivity index (χ4n) is 2.33. The summed E-state index contributed by atoms with van der Waals surface area (Å²) in [6.07, 6.45) is 1.08. The van der Waals surface area contributed by atoms with Crippen LogP contribution in [0, 0.1) is 5.82 Å². The highest BCUT2D eigenvalue weighted by Gasteiger charge is 2.16. The van der Waals surface area contributed by atoms with Gasteiger partial charge in [0.1, 0.15) is 5.82 Å². The standard InChI is InChI=1S/C14H22FN3/c15-14-4-2-13(3-5-14)12-18-10-8-17(9-11-18)7-1-6-16/h2-5H,1,6-12,16H2. The van der Waals surface area contributed by atoms with Crippen LogP contribution in [0.5, 0.6) is 0 Å². The predicted octanol–water partition coefficient (Wildman–Crippen LogP) is 1.29. The molecule has 0 radical (unpaired) electrons. The van der Waals surface area contributed by atoms with E-state index in [-0.39, 0.29) is 5.82 Å². The van der Waals surface area contributed by atoms with Crippen molar-refractivity contribution in [1.29, 1.82) is 0 Å². The second kappa shape index (κ2) is 6.83. The van der Waals surface area contributed by atoms with Gasteiger partial charge in [-0.05, 0) is 37.2 Å².